The van der Waals surface area contributed by atoms with E-state index >= 15 is 0 Å². The third kappa shape index (κ3) is 17.7. The summed E-state index contributed by atoms with van der Waals surface area (Å²) in [7, 11) is 0. The minimum atomic E-state index is -1.05. The number of nitrogens with one attached hydrogen (secondary N) is 1. The van der Waals surface area contributed by atoms with Crippen LogP contribution in [0.5, 0.6) is 0 Å². The topological polar surface area (TPSA) is 102 Å². The summed E-state index contributed by atoms with van der Waals surface area (Å²) in [6, 6.07) is -0.904. The number of aliphatic carboxylic acids is 1. The van der Waals surface area contributed by atoms with Crippen LogP contribution < -0.4 is 11.1 Å². The Morgan fingerprint density at radius 2 is 1.38 bits per heavy atom. The fraction of sp³-hybridized carbons (Fsp3) is 0.900. The second-order valence-electron chi connectivity index (χ2n) is 7.02. The minimum Gasteiger partial charge on any atom is -0.480 e. The predicted molar refractivity (Wildman–Crippen MR) is 105 cm³/mol. The van der Waals surface area contributed by atoms with E-state index in [0.717, 1.165) is 19.4 Å². The van der Waals surface area contributed by atoms with Crippen molar-refractivity contribution in [3.8, 4) is 0 Å². The average Bonchev–Trinajstić information content (AvgIpc) is 2.59. The van der Waals surface area contributed by atoms with Crippen molar-refractivity contribution < 1.29 is 19.4 Å². The Bertz CT molecular complexity index is 351. The highest BCUT2D eigenvalue weighted by Gasteiger charge is 2.18. The van der Waals surface area contributed by atoms with Gasteiger partial charge in [-0.2, -0.15) is 0 Å². The zero-order valence-corrected chi connectivity index (χ0v) is 16.6. The molecule has 6 nitrogen and oxygen atoms in total. The summed E-state index contributed by atoms with van der Waals surface area (Å²) in [4.78, 5) is 21.7. The van der Waals surface area contributed by atoms with Crippen molar-refractivity contribution in [3.63, 3.8) is 0 Å². The van der Waals surface area contributed by atoms with Crippen LogP contribution in [0.4, 0.5) is 0 Å². The highest BCUT2D eigenvalue weighted by molar-refractivity contribution is 5.83. The number of hydrogen-bond acceptors (Lipinski definition) is 4. The number of rotatable bonds is 20. The molecular formula is C20H40N2O4. The molecule has 0 rings (SSSR count). The number of primary amides is 1. The van der Waals surface area contributed by atoms with E-state index in [0.29, 0.717) is 13.2 Å². The zero-order chi connectivity index (χ0) is 19.5. The zero-order valence-electron chi connectivity index (χ0n) is 16.6. The third-order valence-electron chi connectivity index (χ3n) is 4.45. The molecule has 1 unspecified atom stereocenters. The number of carboxylic acids is 1. The highest BCUT2D eigenvalue weighted by atomic mass is 16.5. The van der Waals surface area contributed by atoms with Crippen LogP contribution in [0, 0.1) is 0 Å². The van der Waals surface area contributed by atoms with Crippen molar-refractivity contribution in [2.45, 2.75) is 96.4 Å². The van der Waals surface area contributed by atoms with Crippen LogP contribution in [0.2, 0.25) is 0 Å². The molecular weight excluding hydrogens is 332 g/mol. The van der Waals surface area contributed by atoms with Gasteiger partial charge in [0.15, 0.2) is 0 Å². The lowest BCUT2D eigenvalue weighted by Gasteiger charge is -2.12. The quantitative estimate of drug-likeness (QED) is 0.283. The monoisotopic (exact) mass is 372 g/mol. The SMILES string of the molecule is CCCCCCCCCCCCCOCCCNC(CC(N)=O)C(=O)O. The van der Waals surface area contributed by atoms with E-state index in [1.165, 1.54) is 64.2 Å². The first-order valence-electron chi connectivity index (χ1n) is 10.4. The van der Waals surface area contributed by atoms with Crippen molar-refractivity contribution >= 4 is 11.9 Å². The summed E-state index contributed by atoms with van der Waals surface area (Å²) in [6.45, 7) is 4.12. The highest BCUT2D eigenvalue weighted by Crippen LogP contribution is 2.11. The third-order valence-corrected chi connectivity index (χ3v) is 4.45. The molecule has 154 valence electrons. The number of carbonyl (C=O) groups excluding carboxylic acids is 1. The standard InChI is InChI=1S/C20H40N2O4/c1-2-3-4-5-6-7-8-9-10-11-12-15-26-16-13-14-22-18(20(24)25)17-19(21)23/h18,22H,2-17H2,1H3,(H2,21,23)(H,24,25). The van der Waals surface area contributed by atoms with Gasteiger partial charge in [-0.3, -0.25) is 9.59 Å². The Labute approximate surface area is 159 Å². The smallest absolute Gasteiger partial charge is 0.321 e. The Morgan fingerprint density at radius 1 is 0.885 bits per heavy atom. The maximum absolute atomic E-state index is 10.9. The molecule has 6 heteroatoms. The lowest BCUT2D eigenvalue weighted by Crippen LogP contribution is -2.40. The first-order valence-corrected chi connectivity index (χ1v) is 10.4. The number of unbranched alkanes of at least 4 members (excludes halogenated alkanes) is 10. The molecule has 0 aliphatic carbocycles. The van der Waals surface area contributed by atoms with E-state index in [9.17, 15) is 9.59 Å². The maximum atomic E-state index is 10.9. The van der Waals surface area contributed by atoms with Gasteiger partial charge in [-0.05, 0) is 19.4 Å². The van der Waals surface area contributed by atoms with E-state index in [2.05, 4.69) is 12.2 Å². The number of carbonyl (C=O) groups is 2. The van der Waals surface area contributed by atoms with Crippen LogP contribution in [0.1, 0.15) is 90.4 Å². The summed E-state index contributed by atoms with van der Waals surface area (Å²) >= 11 is 0. The fourth-order valence-corrected chi connectivity index (χ4v) is 2.87. The molecule has 0 aromatic rings. The van der Waals surface area contributed by atoms with E-state index in [1.54, 1.807) is 0 Å². The molecule has 26 heavy (non-hydrogen) atoms. The van der Waals surface area contributed by atoms with Gasteiger partial charge < -0.3 is 20.9 Å². The molecule has 0 fully saturated rings. The van der Waals surface area contributed by atoms with Crippen LogP contribution in [-0.2, 0) is 14.3 Å². The van der Waals surface area contributed by atoms with Gasteiger partial charge in [0.25, 0.3) is 0 Å². The van der Waals surface area contributed by atoms with Crippen LogP contribution in [0.15, 0.2) is 0 Å². The molecule has 0 heterocycles. The normalized spacial score (nSPS) is 12.2. The first-order chi connectivity index (χ1) is 12.6. The average molecular weight is 373 g/mol. The molecule has 0 aliphatic heterocycles. The Morgan fingerprint density at radius 3 is 1.88 bits per heavy atom. The van der Waals surface area contributed by atoms with Gasteiger partial charge in [-0.1, -0.05) is 71.1 Å². The van der Waals surface area contributed by atoms with Gasteiger partial charge in [0.2, 0.25) is 5.91 Å². The second kappa shape index (κ2) is 18.6. The van der Waals surface area contributed by atoms with Crippen molar-refractivity contribution in [2.24, 2.45) is 5.73 Å². The Kier molecular flexibility index (Phi) is 17.8. The largest absolute Gasteiger partial charge is 0.480 e. The van der Waals surface area contributed by atoms with Crippen LogP contribution >= 0.6 is 0 Å². The predicted octanol–water partition coefficient (Wildman–Crippen LogP) is 3.62. The summed E-state index contributed by atoms with van der Waals surface area (Å²) < 4.78 is 5.56. The van der Waals surface area contributed by atoms with Crippen molar-refractivity contribution in [2.75, 3.05) is 19.8 Å². The van der Waals surface area contributed by atoms with Crippen molar-refractivity contribution in [1.82, 2.24) is 5.32 Å². The molecule has 0 aliphatic rings. The number of amides is 1. The van der Waals surface area contributed by atoms with E-state index in [4.69, 9.17) is 15.6 Å². The number of hydrogen-bond donors (Lipinski definition) is 3. The van der Waals surface area contributed by atoms with Gasteiger partial charge in [0.1, 0.15) is 6.04 Å². The molecule has 0 bridgehead atoms. The molecule has 0 spiro atoms. The maximum Gasteiger partial charge on any atom is 0.321 e. The second-order valence-corrected chi connectivity index (χ2v) is 7.02. The minimum absolute atomic E-state index is 0.186. The van der Waals surface area contributed by atoms with Gasteiger partial charge in [0.05, 0.1) is 6.42 Å². The Balaban J connectivity index is 3.26. The van der Waals surface area contributed by atoms with Crippen LogP contribution in [0.25, 0.3) is 0 Å². The van der Waals surface area contributed by atoms with E-state index in [1.807, 2.05) is 0 Å². The molecule has 4 N–H and O–H groups in total. The van der Waals surface area contributed by atoms with Gasteiger partial charge in [-0.15, -0.1) is 0 Å². The molecule has 1 amide bonds. The summed E-state index contributed by atoms with van der Waals surface area (Å²) in [5.41, 5.74) is 5.03. The molecule has 0 radical (unpaired) electrons. The molecule has 0 aromatic heterocycles. The van der Waals surface area contributed by atoms with Gasteiger partial charge in [-0.25, -0.2) is 0 Å². The lowest BCUT2D eigenvalue weighted by molar-refractivity contribution is -0.141. The Hall–Kier alpha value is -1.14. The van der Waals surface area contributed by atoms with Crippen LogP contribution in [-0.4, -0.2) is 42.8 Å². The number of ether oxygens (including phenoxy) is 1. The molecule has 0 aromatic carbocycles. The van der Waals surface area contributed by atoms with Gasteiger partial charge >= 0.3 is 5.97 Å². The van der Waals surface area contributed by atoms with Crippen LogP contribution in [0.3, 0.4) is 0 Å². The van der Waals surface area contributed by atoms with E-state index < -0.39 is 17.9 Å². The summed E-state index contributed by atoms with van der Waals surface area (Å²) in [6.07, 6.45) is 15.1. The number of nitrogens with two attached hydrogens (primary N) is 1. The molecule has 1 atom stereocenters. The summed E-state index contributed by atoms with van der Waals surface area (Å²) in [5.74, 6) is -1.66. The number of carboxylic acid groups (broad SMARTS) is 1. The summed E-state index contributed by atoms with van der Waals surface area (Å²) in [5, 5.41) is 11.8. The first kappa shape index (κ1) is 24.9. The fourth-order valence-electron chi connectivity index (χ4n) is 2.87. The van der Waals surface area contributed by atoms with Gasteiger partial charge in [0, 0.05) is 13.2 Å². The van der Waals surface area contributed by atoms with Crippen molar-refractivity contribution in [3.05, 3.63) is 0 Å². The van der Waals surface area contributed by atoms with E-state index in [-0.39, 0.29) is 6.42 Å². The molecule has 0 saturated heterocycles. The lowest BCUT2D eigenvalue weighted by atomic mass is 10.1. The van der Waals surface area contributed by atoms with Crippen molar-refractivity contribution in [1.29, 1.82) is 0 Å². The molecule has 0 saturated carbocycles.